The minimum Gasteiger partial charge on any atom is -0.379 e. The van der Waals surface area contributed by atoms with Gasteiger partial charge in [0.25, 0.3) is 0 Å². The summed E-state index contributed by atoms with van der Waals surface area (Å²) in [6, 6.07) is 8.24. The normalized spacial score (nSPS) is 11.4. The van der Waals surface area contributed by atoms with E-state index in [1.807, 2.05) is 38.7 Å². The summed E-state index contributed by atoms with van der Waals surface area (Å²) in [5, 5.41) is 6.47. The maximum Gasteiger partial charge on any atom is 0.224 e. The molecule has 1 aromatic rings. The van der Waals surface area contributed by atoms with Crippen LogP contribution >= 0.6 is 0 Å². The van der Waals surface area contributed by atoms with Crippen molar-refractivity contribution < 1.29 is 14.3 Å². The molecule has 0 unspecified atom stereocenters. The Labute approximate surface area is 175 Å². The van der Waals surface area contributed by atoms with Crippen LogP contribution in [-0.4, -0.2) is 62.8 Å². The van der Waals surface area contributed by atoms with Gasteiger partial charge < -0.3 is 25.0 Å². The number of nitrogens with zero attached hydrogens (tertiary/aromatic N) is 2. The van der Waals surface area contributed by atoms with Gasteiger partial charge in [0.05, 0.1) is 26.4 Å². The number of ether oxygens (including phenoxy) is 2. The van der Waals surface area contributed by atoms with Crippen LogP contribution in [-0.2, 0) is 27.4 Å². The number of guanidine groups is 1. The van der Waals surface area contributed by atoms with Crippen molar-refractivity contribution in [2.75, 3.05) is 46.0 Å². The van der Waals surface area contributed by atoms with Gasteiger partial charge >= 0.3 is 0 Å². The zero-order valence-electron chi connectivity index (χ0n) is 18.5. The van der Waals surface area contributed by atoms with E-state index < -0.39 is 0 Å². The molecule has 1 aromatic carbocycles. The second-order valence-corrected chi connectivity index (χ2v) is 6.51. The maximum atomic E-state index is 12.1. The van der Waals surface area contributed by atoms with Crippen molar-refractivity contribution in [3.63, 3.8) is 0 Å². The van der Waals surface area contributed by atoms with Crippen molar-refractivity contribution in [1.82, 2.24) is 15.5 Å². The van der Waals surface area contributed by atoms with Gasteiger partial charge in [-0.1, -0.05) is 24.3 Å². The molecule has 0 saturated heterocycles. The molecule has 0 fully saturated rings. The van der Waals surface area contributed by atoms with E-state index in [0.717, 1.165) is 36.7 Å². The molecular formula is C22H38N4O3. The van der Waals surface area contributed by atoms with E-state index in [1.54, 1.807) is 0 Å². The van der Waals surface area contributed by atoms with Gasteiger partial charge in [-0.3, -0.25) is 4.79 Å². The highest BCUT2D eigenvalue weighted by atomic mass is 16.5. The number of rotatable bonds is 14. The molecule has 0 aliphatic rings. The van der Waals surface area contributed by atoms with Gasteiger partial charge in [0.15, 0.2) is 5.96 Å². The molecule has 1 amide bonds. The van der Waals surface area contributed by atoms with Gasteiger partial charge in [-0.15, -0.1) is 0 Å². The molecule has 0 saturated carbocycles. The van der Waals surface area contributed by atoms with Crippen LogP contribution in [0, 0.1) is 0 Å². The lowest BCUT2D eigenvalue weighted by Gasteiger charge is -2.19. The largest absolute Gasteiger partial charge is 0.379 e. The molecule has 0 aliphatic heterocycles. The van der Waals surface area contributed by atoms with Gasteiger partial charge in [-0.05, 0) is 38.8 Å². The van der Waals surface area contributed by atoms with Gasteiger partial charge in [0, 0.05) is 39.2 Å². The van der Waals surface area contributed by atoms with Crippen molar-refractivity contribution >= 4 is 11.9 Å². The molecule has 29 heavy (non-hydrogen) atoms. The first kappa shape index (κ1) is 24.9. The summed E-state index contributed by atoms with van der Waals surface area (Å²) in [4.78, 5) is 18.6. The Morgan fingerprint density at radius 3 is 2.45 bits per heavy atom. The maximum absolute atomic E-state index is 12.1. The minimum absolute atomic E-state index is 0.162. The van der Waals surface area contributed by atoms with Crippen LogP contribution < -0.4 is 10.6 Å². The standard InChI is InChI=1S/C22H38N4O3/c1-5-23-22(24-13-12-21(27)26(6-2)7-3)25-17-19-10-9-11-20(16-19)18-29-15-14-28-8-4/h9-11,16H,5-8,12-15,17-18H2,1-4H3,(H2,23,24,25). The lowest BCUT2D eigenvalue weighted by molar-refractivity contribution is -0.130. The Hall–Kier alpha value is -2.12. The SMILES string of the molecule is CCNC(=NCc1cccc(COCCOCC)c1)NCCC(=O)N(CC)CC. The highest BCUT2D eigenvalue weighted by Crippen LogP contribution is 2.08. The van der Waals surface area contributed by atoms with Crippen LogP contribution in [0.5, 0.6) is 0 Å². The third-order valence-corrected chi connectivity index (χ3v) is 4.35. The predicted octanol–water partition coefficient (Wildman–Crippen LogP) is 2.55. The number of nitrogens with one attached hydrogen (secondary N) is 2. The minimum atomic E-state index is 0.162. The second kappa shape index (κ2) is 15.8. The summed E-state index contributed by atoms with van der Waals surface area (Å²) < 4.78 is 10.9. The number of hydrogen-bond donors (Lipinski definition) is 2. The highest BCUT2D eigenvalue weighted by Gasteiger charge is 2.09. The average molecular weight is 407 g/mol. The molecule has 0 spiro atoms. The van der Waals surface area contributed by atoms with Crippen LogP contribution in [0.3, 0.4) is 0 Å². The third-order valence-electron chi connectivity index (χ3n) is 4.35. The number of benzene rings is 1. The summed E-state index contributed by atoms with van der Waals surface area (Å²) in [6.07, 6.45) is 0.459. The van der Waals surface area contributed by atoms with Crippen molar-refractivity contribution in [1.29, 1.82) is 0 Å². The molecule has 0 atom stereocenters. The zero-order valence-corrected chi connectivity index (χ0v) is 18.5. The number of hydrogen-bond acceptors (Lipinski definition) is 4. The van der Waals surface area contributed by atoms with E-state index in [0.29, 0.717) is 45.9 Å². The van der Waals surface area contributed by atoms with Crippen molar-refractivity contribution in [3.8, 4) is 0 Å². The van der Waals surface area contributed by atoms with E-state index in [9.17, 15) is 4.79 Å². The molecule has 0 aromatic heterocycles. The van der Waals surface area contributed by atoms with Crippen LogP contribution in [0.15, 0.2) is 29.3 Å². The van der Waals surface area contributed by atoms with E-state index in [4.69, 9.17) is 9.47 Å². The number of carbonyl (C=O) groups excluding carboxylic acids is 1. The summed E-state index contributed by atoms with van der Waals surface area (Å²) in [5.74, 6) is 0.883. The van der Waals surface area contributed by atoms with E-state index in [1.165, 1.54) is 0 Å². The zero-order chi connectivity index (χ0) is 21.3. The van der Waals surface area contributed by atoms with E-state index in [-0.39, 0.29) is 5.91 Å². The highest BCUT2D eigenvalue weighted by molar-refractivity contribution is 5.81. The van der Waals surface area contributed by atoms with Gasteiger partial charge in [0.1, 0.15) is 0 Å². The predicted molar refractivity (Wildman–Crippen MR) is 118 cm³/mol. The summed E-state index contributed by atoms with van der Waals surface area (Å²) >= 11 is 0. The first-order valence-electron chi connectivity index (χ1n) is 10.7. The fourth-order valence-corrected chi connectivity index (χ4v) is 2.80. The Morgan fingerprint density at radius 2 is 1.76 bits per heavy atom. The Morgan fingerprint density at radius 1 is 1.03 bits per heavy atom. The number of amides is 1. The summed E-state index contributed by atoms with van der Waals surface area (Å²) in [7, 11) is 0. The first-order chi connectivity index (χ1) is 14.1. The molecule has 164 valence electrons. The molecule has 7 heteroatoms. The average Bonchev–Trinajstić information content (AvgIpc) is 2.73. The molecule has 0 bridgehead atoms. The fourth-order valence-electron chi connectivity index (χ4n) is 2.80. The van der Waals surface area contributed by atoms with Gasteiger partial charge in [-0.25, -0.2) is 4.99 Å². The van der Waals surface area contributed by atoms with Gasteiger partial charge in [-0.2, -0.15) is 0 Å². The number of carbonyl (C=O) groups is 1. The quantitative estimate of drug-likeness (QED) is 0.282. The van der Waals surface area contributed by atoms with Crippen molar-refractivity contribution in [2.45, 2.75) is 47.3 Å². The molecule has 0 heterocycles. The van der Waals surface area contributed by atoms with E-state index in [2.05, 4.69) is 33.8 Å². The molecule has 2 N–H and O–H groups in total. The third kappa shape index (κ3) is 10.9. The molecule has 0 aliphatic carbocycles. The Balaban J connectivity index is 2.51. The summed E-state index contributed by atoms with van der Waals surface area (Å²) in [6.45, 7) is 13.9. The lowest BCUT2D eigenvalue weighted by Crippen LogP contribution is -2.40. The van der Waals surface area contributed by atoms with E-state index >= 15 is 0 Å². The summed E-state index contributed by atoms with van der Waals surface area (Å²) in [5.41, 5.74) is 2.24. The van der Waals surface area contributed by atoms with Crippen LogP contribution in [0.1, 0.15) is 45.2 Å². The topological polar surface area (TPSA) is 75.2 Å². The lowest BCUT2D eigenvalue weighted by atomic mass is 10.1. The van der Waals surface area contributed by atoms with Crippen LogP contribution in [0.2, 0.25) is 0 Å². The Kier molecular flexibility index (Phi) is 13.5. The van der Waals surface area contributed by atoms with Crippen LogP contribution in [0.4, 0.5) is 0 Å². The monoisotopic (exact) mass is 406 g/mol. The van der Waals surface area contributed by atoms with Crippen molar-refractivity contribution in [3.05, 3.63) is 35.4 Å². The van der Waals surface area contributed by atoms with Crippen LogP contribution in [0.25, 0.3) is 0 Å². The smallest absolute Gasteiger partial charge is 0.224 e. The Bertz CT molecular complexity index is 603. The van der Waals surface area contributed by atoms with Crippen molar-refractivity contribution in [2.24, 2.45) is 4.99 Å². The molecule has 0 radical (unpaired) electrons. The van der Waals surface area contributed by atoms with Gasteiger partial charge in [0.2, 0.25) is 5.91 Å². The second-order valence-electron chi connectivity index (χ2n) is 6.51. The fraction of sp³-hybridized carbons (Fsp3) is 0.636. The molecule has 1 rings (SSSR count). The molecule has 7 nitrogen and oxygen atoms in total. The molecular weight excluding hydrogens is 368 g/mol. The first-order valence-corrected chi connectivity index (χ1v) is 10.7. The number of aliphatic imine (C=N–C) groups is 1.